The first-order valence-corrected chi connectivity index (χ1v) is 11.3. The predicted molar refractivity (Wildman–Crippen MR) is 119 cm³/mol. The van der Waals surface area contributed by atoms with Gasteiger partial charge in [-0.2, -0.15) is 5.26 Å². The minimum atomic E-state index is -0.192. The van der Waals surface area contributed by atoms with Crippen LogP contribution >= 0.6 is 34.7 Å². The fourth-order valence-electron chi connectivity index (χ4n) is 2.67. The number of anilines is 1. The molecule has 0 aliphatic rings. The van der Waals surface area contributed by atoms with E-state index in [4.69, 9.17) is 16.3 Å². The molecule has 0 aliphatic heterocycles. The number of nitrogens with one attached hydrogen (secondary N) is 1. The van der Waals surface area contributed by atoms with E-state index < -0.39 is 0 Å². The number of nitriles is 1. The largest absolute Gasteiger partial charge is 0.486 e. The van der Waals surface area contributed by atoms with Crippen LogP contribution in [-0.2, 0) is 17.9 Å². The number of rotatable bonds is 8. The van der Waals surface area contributed by atoms with Crippen molar-refractivity contribution in [3.63, 3.8) is 0 Å². The summed E-state index contributed by atoms with van der Waals surface area (Å²) in [6, 6.07) is 9.26. The van der Waals surface area contributed by atoms with Crippen LogP contribution in [0.5, 0.6) is 5.75 Å². The van der Waals surface area contributed by atoms with E-state index in [1.807, 2.05) is 25.3 Å². The van der Waals surface area contributed by atoms with Gasteiger partial charge in [0, 0.05) is 16.4 Å². The molecule has 156 valence electrons. The van der Waals surface area contributed by atoms with Crippen LogP contribution in [0.3, 0.4) is 0 Å². The average Bonchev–Trinajstić information content (AvgIpc) is 3.25. The highest BCUT2D eigenvalue weighted by atomic mass is 35.5. The van der Waals surface area contributed by atoms with Gasteiger partial charge in [0.25, 0.3) is 0 Å². The molecule has 3 aromatic rings. The first-order valence-electron chi connectivity index (χ1n) is 9.16. The standard InChI is InChI=1S/C20H20ClN5O2S2/c1-4-26-17(10-28-15-7-5-14(21)6-8-15)24-25-20(26)29-11-18(27)23-19-16(9-22)12(2)13(3)30-19/h5-8H,4,10-11H2,1-3H3,(H,23,27). The molecule has 0 atom stereocenters. The van der Waals surface area contributed by atoms with Crippen LogP contribution in [0.25, 0.3) is 0 Å². The fraction of sp³-hybridized carbons (Fsp3) is 0.300. The maximum absolute atomic E-state index is 12.4. The molecular weight excluding hydrogens is 442 g/mol. The summed E-state index contributed by atoms with van der Waals surface area (Å²) >= 11 is 8.59. The van der Waals surface area contributed by atoms with Gasteiger partial charge >= 0.3 is 0 Å². The smallest absolute Gasteiger partial charge is 0.235 e. The zero-order valence-corrected chi connectivity index (χ0v) is 19.1. The minimum Gasteiger partial charge on any atom is -0.486 e. The Kier molecular flexibility index (Phi) is 7.37. The number of amides is 1. The monoisotopic (exact) mass is 461 g/mol. The number of ether oxygens (including phenoxy) is 1. The summed E-state index contributed by atoms with van der Waals surface area (Å²) in [6.07, 6.45) is 0. The molecule has 0 fully saturated rings. The number of aryl methyl sites for hydroxylation is 1. The Bertz CT molecular complexity index is 1090. The third kappa shape index (κ3) is 5.14. The van der Waals surface area contributed by atoms with Gasteiger partial charge in [0.15, 0.2) is 11.0 Å². The summed E-state index contributed by atoms with van der Waals surface area (Å²) in [5.74, 6) is 1.33. The van der Waals surface area contributed by atoms with E-state index in [1.165, 1.54) is 23.1 Å². The molecule has 0 radical (unpaired) electrons. The summed E-state index contributed by atoms with van der Waals surface area (Å²) < 4.78 is 7.66. The van der Waals surface area contributed by atoms with E-state index in [1.54, 1.807) is 24.3 Å². The first-order chi connectivity index (χ1) is 14.4. The molecule has 0 bridgehead atoms. The van der Waals surface area contributed by atoms with Gasteiger partial charge in [0.1, 0.15) is 23.4 Å². The molecule has 2 aromatic heterocycles. The molecule has 3 rings (SSSR count). The Balaban J connectivity index is 1.60. The number of thioether (sulfide) groups is 1. The van der Waals surface area contributed by atoms with Gasteiger partial charge in [0.2, 0.25) is 5.91 Å². The molecule has 30 heavy (non-hydrogen) atoms. The summed E-state index contributed by atoms with van der Waals surface area (Å²) in [7, 11) is 0. The highest BCUT2D eigenvalue weighted by Gasteiger charge is 2.17. The van der Waals surface area contributed by atoms with Crippen molar-refractivity contribution < 1.29 is 9.53 Å². The molecule has 0 spiro atoms. The maximum Gasteiger partial charge on any atom is 0.235 e. The Hall–Kier alpha value is -2.54. The third-order valence-corrected chi connectivity index (χ3v) is 6.72. The van der Waals surface area contributed by atoms with E-state index in [2.05, 4.69) is 21.6 Å². The SMILES string of the molecule is CCn1c(COc2ccc(Cl)cc2)nnc1SCC(=O)Nc1sc(C)c(C)c1C#N. The van der Waals surface area contributed by atoms with E-state index in [9.17, 15) is 10.1 Å². The normalized spacial score (nSPS) is 10.6. The van der Waals surface area contributed by atoms with Crippen molar-refractivity contribution in [2.24, 2.45) is 0 Å². The Morgan fingerprint density at radius 3 is 2.73 bits per heavy atom. The maximum atomic E-state index is 12.4. The Labute approximate surface area is 188 Å². The molecule has 1 aromatic carbocycles. The quantitative estimate of drug-likeness (QED) is 0.484. The molecule has 1 N–H and O–H groups in total. The first kappa shape index (κ1) is 22.2. The lowest BCUT2D eigenvalue weighted by Crippen LogP contribution is -2.15. The van der Waals surface area contributed by atoms with Crippen LogP contribution < -0.4 is 10.1 Å². The summed E-state index contributed by atoms with van der Waals surface area (Å²) in [5.41, 5.74) is 1.43. The zero-order valence-electron chi connectivity index (χ0n) is 16.7. The van der Waals surface area contributed by atoms with Crippen molar-refractivity contribution in [2.45, 2.75) is 39.1 Å². The Morgan fingerprint density at radius 1 is 1.33 bits per heavy atom. The van der Waals surface area contributed by atoms with Gasteiger partial charge in [0.05, 0.1) is 11.3 Å². The van der Waals surface area contributed by atoms with Crippen LogP contribution in [-0.4, -0.2) is 26.4 Å². The number of benzene rings is 1. The number of aromatic nitrogens is 3. The van der Waals surface area contributed by atoms with E-state index in [-0.39, 0.29) is 18.3 Å². The van der Waals surface area contributed by atoms with E-state index in [0.717, 1.165) is 10.4 Å². The molecule has 1 amide bonds. The Morgan fingerprint density at radius 2 is 2.07 bits per heavy atom. The minimum absolute atomic E-state index is 0.164. The number of nitrogens with zero attached hydrogens (tertiary/aromatic N) is 4. The second-order valence-electron chi connectivity index (χ2n) is 6.32. The number of thiophene rings is 1. The van der Waals surface area contributed by atoms with Gasteiger partial charge in [-0.15, -0.1) is 21.5 Å². The molecule has 0 saturated carbocycles. The molecule has 0 unspecified atom stereocenters. The van der Waals surface area contributed by atoms with Gasteiger partial charge in [-0.3, -0.25) is 4.79 Å². The number of halogens is 1. The number of hydrogen-bond acceptors (Lipinski definition) is 7. The number of hydrogen-bond donors (Lipinski definition) is 1. The predicted octanol–water partition coefficient (Wildman–Crippen LogP) is 4.81. The molecule has 2 heterocycles. The van der Waals surface area contributed by atoms with Crippen molar-refractivity contribution in [2.75, 3.05) is 11.1 Å². The lowest BCUT2D eigenvalue weighted by atomic mass is 10.2. The second-order valence-corrected chi connectivity index (χ2v) is 8.93. The van der Waals surface area contributed by atoms with Crippen molar-refractivity contribution >= 4 is 45.6 Å². The summed E-state index contributed by atoms with van der Waals surface area (Å²) in [4.78, 5) is 13.4. The number of carbonyl (C=O) groups excluding carboxylic acids is 1. The average molecular weight is 462 g/mol. The summed E-state index contributed by atoms with van der Waals surface area (Å²) in [6.45, 7) is 6.71. The lowest BCUT2D eigenvalue weighted by Gasteiger charge is -2.09. The highest BCUT2D eigenvalue weighted by molar-refractivity contribution is 7.99. The molecule has 0 aliphatic carbocycles. The van der Waals surface area contributed by atoms with Crippen molar-refractivity contribution in [3.05, 3.63) is 51.1 Å². The molecule has 10 heteroatoms. The van der Waals surface area contributed by atoms with E-state index >= 15 is 0 Å². The van der Waals surface area contributed by atoms with Gasteiger partial charge < -0.3 is 14.6 Å². The van der Waals surface area contributed by atoms with Crippen LogP contribution in [0.4, 0.5) is 5.00 Å². The van der Waals surface area contributed by atoms with Crippen molar-refractivity contribution in [3.8, 4) is 11.8 Å². The molecule has 0 saturated heterocycles. The van der Waals surface area contributed by atoms with Gasteiger partial charge in [-0.05, 0) is 50.6 Å². The topological polar surface area (TPSA) is 92.8 Å². The van der Waals surface area contributed by atoms with Gasteiger partial charge in [-0.25, -0.2) is 0 Å². The van der Waals surface area contributed by atoms with Crippen molar-refractivity contribution in [1.29, 1.82) is 5.26 Å². The van der Waals surface area contributed by atoms with Crippen molar-refractivity contribution in [1.82, 2.24) is 14.8 Å². The molecule has 7 nitrogen and oxygen atoms in total. The fourth-order valence-corrected chi connectivity index (χ4v) is 4.65. The lowest BCUT2D eigenvalue weighted by molar-refractivity contribution is -0.113. The van der Waals surface area contributed by atoms with Crippen LogP contribution in [0.15, 0.2) is 29.4 Å². The second kappa shape index (κ2) is 9.98. The molecular formula is C20H20ClN5O2S2. The highest BCUT2D eigenvalue weighted by Crippen LogP contribution is 2.32. The van der Waals surface area contributed by atoms with Crippen LogP contribution in [0.2, 0.25) is 5.02 Å². The van der Waals surface area contributed by atoms with Crippen LogP contribution in [0.1, 0.15) is 28.8 Å². The zero-order chi connectivity index (χ0) is 21.7. The van der Waals surface area contributed by atoms with E-state index in [0.29, 0.717) is 38.9 Å². The van der Waals surface area contributed by atoms with Crippen LogP contribution in [0, 0.1) is 25.2 Å². The van der Waals surface area contributed by atoms with Gasteiger partial charge in [-0.1, -0.05) is 23.4 Å². The summed E-state index contributed by atoms with van der Waals surface area (Å²) in [5, 5.41) is 22.4. The third-order valence-electron chi connectivity index (χ3n) is 4.37. The number of carbonyl (C=O) groups is 1.